The fraction of sp³-hybridized carbons (Fsp3) is 0.292. The Morgan fingerprint density at radius 3 is 2.66 bits per heavy atom. The first-order valence-electron chi connectivity index (χ1n) is 10.6. The first-order valence-corrected chi connectivity index (χ1v) is 11.6. The molecule has 166 valence electrons. The number of carbonyl (C=O) groups is 3. The lowest BCUT2D eigenvalue weighted by molar-refractivity contribution is -0.135. The van der Waals surface area contributed by atoms with Gasteiger partial charge in [-0.05, 0) is 47.6 Å². The van der Waals surface area contributed by atoms with E-state index in [9.17, 15) is 19.5 Å². The molecule has 3 N–H and O–H groups in total. The third-order valence-corrected chi connectivity index (χ3v) is 6.41. The lowest BCUT2D eigenvalue weighted by atomic mass is 10.1. The third kappa shape index (κ3) is 4.80. The summed E-state index contributed by atoms with van der Waals surface area (Å²) in [7, 11) is 0. The van der Waals surface area contributed by atoms with Crippen LogP contribution in [0.25, 0.3) is 10.8 Å². The van der Waals surface area contributed by atoms with Crippen LogP contribution in [0, 0.1) is 0 Å². The van der Waals surface area contributed by atoms with Crippen molar-refractivity contribution in [3.05, 3.63) is 59.8 Å². The third-order valence-electron chi connectivity index (χ3n) is 5.51. The summed E-state index contributed by atoms with van der Waals surface area (Å²) in [5.41, 5.74) is 1.85. The Hall–Kier alpha value is -3.26. The number of carbonyl (C=O) groups excluding carboxylic acids is 3. The number of imide groups is 1. The molecule has 1 aromatic heterocycles. The number of fused-ring (bicyclic) bond motifs is 1. The number of benzene rings is 2. The molecule has 8 heteroatoms. The topological polar surface area (TPSA) is 100 Å². The van der Waals surface area contributed by atoms with Crippen molar-refractivity contribution in [3.63, 3.8) is 0 Å². The average Bonchev–Trinajstić information content (AvgIpc) is 3.09. The molecule has 1 aliphatic rings. The molecule has 1 atom stereocenters. The first-order chi connectivity index (χ1) is 15.4. The summed E-state index contributed by atoms with van der Waals surface area (Å²) in [6.45, 7) is 2.47. The Morgan fingerprint density at radius 2 is 1.94 bits per heavy atom. The molecule has 0 radical (unpaired) electrons. The van der Waals surface area contributed by atoms with Gasteiger partial charge in [-0.25, -0.2) is 0 Å². The Bertz CT molecular complexity index is 1170. The van der Waals surface area contributed by atoms with Gasteiger partial charge in [-0.15, -0.1) is 11.8 Å². The zero-order chi connectivity index (χ0) is 22.7. The van der Waals surface area contributed by atoms with Crippen molar-refractivity contribution < 1.29 is 19.5 Å². The molecule has 3 aromatic rings. The van der Waals surface area contributed by atoms with Crippen molar-refractivity contribution in [2.24, 2.45) is 0 Å². The molecule has 1 unspecified atom stereocenters. The second-order valence-corrected chi connectivity index (χ2v) is 9.12. The van der Waals surface area contributed by atoms with Gasteiger partial charge in [0.2, 0.25) is 17.7 Å². The van der Waals surface area contributed by atoms with Crippen LogP contribution in [0.3, 0.4) is 0 Å². The molecule has 0 spiro atoms. The predicted molar refractivity (Wildman–Crippen MR) is 123 cm³/mol. The highest BCUT2D eigenvalue weighted by atomic mass is 32.2. The van der Waals surface area contributed by atoms with E-state index >= 15 is 0 Å². The fourth-order valence-corrected chi connectivity index (χ4v) is 4.55. The number of rotatable bonds is 7. The van der Waals surface area contributed by atoms with Crippen LogP contribution in [0.4, 0.5) is 0 Å². The zero-order valence-electron chi connectivity index (χ0n) is 17.8. The van der Waals surface area contributed by atoms with Gasteiger partial charge >= 0.3 is 0 Å². The summed E-state index contributed by atoms with van der Waals surface area (Å²) in [6.07, 6.45) is 2.61. The lowest BCUT2D eigenvalue weighted by Gasteiger charge is -2.22. The molecule has 3 amide bonds. The molecular weight excluding hydrogens is 426 g/mol. The van der Waals surface area contributed by atoms with E-state index in [1.165, 1.54) is 9.46 Å². The summed E-state index contributed by atoms with van der Waals surface area (Å²) < 4.78 is 1.51. The minimum Gasteiger partial charge on any atom is -0.494 e. The molecule has 1 saturated heterocycles. The number of thioether (sulfide) groups is 1. The van der Waals surface area contributed by atoms with E-state index < -0.39 is 11.9 Å². The number of hydrogen-bond acceptors (Lipinski definition) is 5. The molecule has 1 aliphatic heterocycles. The van der Waals surface area contributed by atoms with Crippen LogP contribution < -0.4 is 10.6 Å². The van der Waals surface area contributed by atoms with Crippen molar-refractivity contribution in [1.29, 1.82) is 0 Å². The van der Waals surface area contributed by atoms with Gasteiger partial charge in [0, 0.05) is 34.8 Å². The SMILES string of the molecule is CCSc1ccc(CC(=O)NCc2ccc3c(O)n(C4CCC(=O)NC4=O)cc3c2)cc1. The highest BCUT2D eigenvalue weighted by Gasteiger charge is 2.30. The highest BCUT2D eigenvalue weighted by molar-refractivity contribution is 7.99. The van der Waals surface area contributed by atoms with E-state index in [0.717, 1.165) is 22.3 Å². The van der Waals surface area contributed by atoms with Crippen LogP contribution in [-0.2, 0) is 27.3 Å². The summed E-state index contributed by atoms with van der Waals surface area (Å²) in [4.78, 5) is 37.1. The number of hydrogen-bond donors (Lipinski definition) is 3. The molecule has 0 saturated carbocycles. The second-order valence-electron chi connectivity index (χ2n) is 7.78. The maximum atomic E-state index is 12.4. The van der Waals surface area contributed by atoms with Gasteiger partial charge in [-0.1, -0.05) is 25.1 Å². The highest BCUT2D eigenvalue weighted by Crippen LogP contribution is 2.33. The maximum Gasteiger partial charge on any atom is 0.249 e. The van der Waals surface area contributed by atoms with E-state index in [1.807, 2.05) is 36.4 Å². The van der Waals surface area contributed by atoms with Crippen LogP contribution in [0.15, 0.2) is 53.6 Å². The van der Waals surface area contributed by atoms with Crippen LogP contribution in [0.2, 0.25) is 0 Å². The quantitative estimate of drug-likeness (QED) is 0.378. The molecular formula is C24H25N3O4S. The Labute approximate surface area is 190 Å². The normalized spacial score (nSPS) is 16.2. The smallest absolute Gasteiger partial charge is 0.249 e. The Balaban J connectivity index is 1.41. The lowest BCUT2D eigenvalue weighted by Crippen LogP contribution is -2.41. The number of aromatic nitrogens is 1. The van der Waals surface area contributed by atoms with E-state index in [1.54, 1.807) is 24.0 Å². The van der Waals surface area contributed by atoms with Crippen molar-refractivity contribution in [2.75, 3.05) is 5.75 Å². The van der Waals surface area contributed by atoms with E-state index in [2.05, 4.69) is 17.6 Å². The van der Waals surface area contributed by atoms with Crippen LogP contribution in [-0.4, -0.2) is 33.1 Å². The standard InChI is InChI=1S/C24H25N3O4S/c1-2-32-18-6-3-15(4-7-18)12-22(29)25-13-16-5-8-19-17(11-16)14-27(24(19)31)20-9-10-21(28)26-23(20)30/h3-8,11,14,20,31H,2,9-10,12-13H2,1H3,(H,25,29)(H,26,28,30). The molecule has 4 rings (SSSR count). The van der Waals surface area contributed by atoms with Gasteiger partial charge in [0.25, 0.3) is 0 Å². The van der Waals surface area contributed by atoms with Crippen LogP contribution >= 0.6 is 11.8 Å². The van der Waals surface area contributed by atoms with Crippen LogP contribution in [0.1, 0.15) is 36.9 Å². The molecule has 2 aromatic carbocycles. The zero-order valence-corrected chi connectivity index (χ0v) is 18.6. The molecule has 2 heterocycles. The second kappa shape index (κ2) is 9.48. The number of nitrogens with one attached hydrogen (secondary N) is 2. The van der Waals surface area contributed by atoms with Crippen molar-refractivity contribution in [1.82, 2.24) is 15.2 Å². The average molecular weight is 452 g/mol. The minimum atomic E-state index is -0.620. The molecule has 0 aliphatic carbocycles. The molecule has 32 heavy (non-hydrogen) atoms. The number of amides is 3. The largest absolute Gasteiger partial charge is 0.494 e. The van der Waals surface area contributed by atoms with E-state index in [4.69, 9.17) is 0 Å². The van der Waals surface area contributed by atoms with Gasteiger partial charge in [0.15, 0.2) is 5.88 Å². The van der Waals surface area contributed by atoms with E-state index in [0.29, 0.717) is 24.8 Å². The van der Waals surface area contributed by atoms with Gasteiger partial charge in [-0.3, -0.25) is 19.7 Å². The predicted octanol–water partition coefficient (Wildman–Crippen LogP) is 3.30. The van der Waals surface area contributed by atoms with E-state index in [-0.39, 0.29) is 24.1 Å². The summed E-state index contributed by atoms with van der Waals surface area (Å²) in [5.74, 6) is 0.237. The molecule has 1 fully saturated rings. The van der Waals surface area contributed by atoms with Crippen molar-refractivity contribution >= 4 is 40.3 Å². The van der Waals surface area contributed by atoms with Crippen molar-refractivity contribution in [2.45, 2.75) is 43.7 Å². The number of aromatic hydroxyl groups is 1. The summed E-state index contributed by atoms with van der Waals surface area (Å²) in [6, 6.07) is 12.9. The molecule has 0 bridgehead atoms. The number of piperidine rings is 1. The van der Waals surface area contributed by atoms with Gasteiger partial charge < -0.3 is 15.0 Å². The monoisotopic (exact) mass is 451 g/mol. The number of nitrogens with zero attached hydrogens (tertiary/aromatic N) is 1. The minimum absolute atomic E-state index is 0.00484. The van der Waals surface area contributed by atoms with Gasteiger partial charge in [0.1, 0.15) is 6.04 Å². The first kappa shape index (κ1) is 22.0. The molecule has 7 nitrogen and oxygen atoms in total. The maximum absolute atomic E-state index is 12.4. The van der Waals surface area contributed by atoms with Crippen molar-refractivity contribution in [3.8, 4) is 5.88 Å². The fourth-order valence-electron chi connectivity index (χ4n) is 3.89. The Kier molecular flexibility index (Phi) is 6.50. The summed E-state index contributed by atoms with van der Waals surface area (Å²) in [5, 5.41) is 17.2. The van der Waals surface area contributed by atoms with Gasteiger partial charge in [0.05, 0.1) is 6.42 Å². The van der Waals surface area contributed by atoms with Crippen LogP contribution in [0.5, 0.6) is 5.88 Å². The Morgan fingerprint density at radius 1 is 1.19 bits per heavy atom. The summed E-state index contributed by atoms with van der Waals surface area (Å²) >= 11 is 1.77. The van der Waals surface area contributed by atoms with Gasteiger partial charge in [-0.2, -0.15) is 0 Å².